The second-order valence-electron chi connectivity index (χ2n) is 5.03. The van der Waals surface area contributed by atoms with Gasteiger partial charge >= 0.3 is 0 Å². The van der Waals surface area contributed by atoms with Gasteiger partial charge in [-0.25, -0.2) is 4.98 Å². The number of hydrogen-bond acceptors (Lipinski definition) is 5. The van der Waals surface area contributed by atoms with Crippen molar-refractivity contribution >= 4 is 27.9 Å². The summed E-state index contributed by atoms with van der Waals surface area (Å²) in [4.78, 5) is 5.52. The summed E-state index contributed by atoms with van der Waals surface area (Å²) in [5.41, 5.74) is 1.99. The Hall–Kier alpha value is -2.20. The maximum Gasteiger partial charge on any atom is 0.193 e. The molecule has 2 aromatic heterocycles. The molecule has 0 bridgehead atoms. The number of thiazole rings is 1. The van der Waals surface area contributed by atoms with Crippen molar-refractivity contribution in [3.05, 3.63) is 46.2 Å². The van der Waals surface area contributed by atoms with E-state index in [-0.39, 0.29) is 6.61 Å². The molecule has 2 heterocycles. The van der Waals surface area contributed by atoms with Crippen LogP contribution in [0.2, 0.25) is 5.02 Å². The Morgan fingerprint density at radius 1 is 1.42 bits per heavy atom. The quantitative estimate of drug-likeness (QED) is 0.655. The van der Waals surface area contributed by atoms with Crippen molar-refractivity contribution in [3.63, 3.8) is 0 Å². The first-order valence-electron chi connectivity index (χ1n) is 7.25. The van der Waals surface area contributed by atoms with Gasteiger partial charge < -0.3 is 14.8 Å². The average Bonchev–Trinajstić information content (AvgIpc) is 3.15. The van der Waals surface area contributed by atoms with Crippen molar-refractivity contribution in [2.75, 3.05) is 13.7 Å². The summed E-state index contributed by atoms with van der Waals surface area (Å²) in [5.74, 6) is 3.45. The highest BCUT2D eigenvalue weighted by Crippen LogP contribution is 2.36. The van der Waals surface area contributed by atoms with E-state index in [0.717, 1.165) is 16.2 Å². The van der Waals surface area contributed by atoms with E-state index in [1.807, 2.05) is 34.3 Å². The van der Waals surface area contributed by atoms with Crippen LogP contribution in [0.25, 0.3) is 4.96 Å². The molecule has 0 saturated carbocycles. The zero-order valence-electron chi connectivity index (χ0n) is 13.1. The number of aromatic nitrogens is 2. The molecule has 5 nitrogen and oxygen atoms in total. The molecule has 1 N–H and O–H groups in total. The minimum atomic E-state index is 0.144. The fourth-order valence-electron chi connectivity index (χ4n) is 2.33. The molecule has 0 aliphatic rings. The van der Waals surface area contributed by atoms with Crippen molar-refractivity contribution in [1.82, 2.24) is 14.7 Å². The summed E-state index contributed by atoms with van der Waals surface area (Å²) < 4.78 is 12.8. The number of hydrogen-bond donors (Lipinski definition) is 1. The van der Waals surface area contributed by atoms with Gasteiger partial charge in [0.2, 0.25) is 0 Å². The molecule has 0 aliphatic carbocycles. The van der Waals surface area contributed by atoms with Crippen LogP contribution in [0.3, 0.4) is 0 Å². The van der Waals surface area contributed by atoms with Gasteiger partial charge in [-0.15, -0.1) is 17.8 Å². The predicted molar refractivity (Wildman–Crippen MR) is 95.9 cm³/mol. The van der Waals surface area contributed by atoms with E-state index in [4.69, 9.17) is 27.5 Å². The third-order valence-corrected chi connectivity index (χ3v) is 4.42. The monoisotopic (exact) mass is 361 g/mol. The smallest absolute Gasteiger partial charge is 0.193 e. The van der Waals surface area contributed by atoms with E-state index in [2.05, 4.69) is 16.2 Å². The molecule has 24 heavy (non-hydrogen) atoms. The third-order valence-electron chi connectivity index (χ3n) is 3.37. The Morgan fingerprint density at radius 3 is 3.04 bits per heavy atom. The molecule has 7 heteroatoms. The van der Waals surface area contributed by atoms with Crippen molar-refractivity contribution in [2.24, 2.45) is 0 Å². The van der Waals surface area contributed by atoms with Crippen LogP contribution in [0.4, 0.5) is 0 Å². The number of rotatable bonds is 7. The van der Waals surface area contributed by atoms with Gasteiger partial charge in [-0.1, -0.05) is 17.5 Å². The van der Waals surface area contributed by atoms with Crippen molar-refractivity contribution in [2.45, 2.75) is 13.1 Å². The van der Waals surface area contributed by atoms with Crippen molar-refractivity contribution in [3.8, 4) is 23.8 Å². The van der Waals surface area contributed by atoms with Gasteiger partial charge in [-0.05, 0) is 17.7 Å². The van der Waals surface area contributed by atoms with Crippen LogP contribution in [0.5, 0.6) is 11.5 Å². The summed E-state index contributed by atoms with van der Waals surface area (Å²) in [7, 11) is 1.57. The van der Waals surface area contributed by atoms with Gasteiger partial charge in [0, 0.05) is 30.9 Å². The highest BCUT2D eigenvalue weighted by molar-refractivity contribution is 7.15. The molecule has 3 rings (SSSR count). The third kappa shape index (κ3) is 3.65. The number of halogens is 1. The molecule has 1 aromatic carbocycles. The largest absolute Gasteiger partial charge is 0.493 e. The first-order chi connectivity index (χ1) is 11.7. The van der Waals surface area contributed by atoms with E-state index >= 15 is 0 Å². The SMILES string of the molecule is C#CCOc1c(Cl)cc(CNCc2cn3ccsc3n2)cc1OC. The lowest BCUT2D eigenvalue weighted by molar-refractivity contribution is 0.331. The first kappa shape index (κ1) is 16.7. The Labute approximate surface area is 149 Å². The lowest BCUT2D eigenvalue weighted by Gasteiger charge is -2.13. The van der Waals surface area contributed by atoms with Crippen molar-refractivity contribution < 1.29 is 9.47 Å². The Bertz CT molecular complexity index is 853. The van der Waals surface area contributed by atoms with Crippen LogP contribution in [-0.2, 0) is 13.1 Å². The normalized spacial score (nSPS) is 10.7. The van der Waals surface area contributed by atoms with Crippen LogP contribution in [0, 0.1) is 12.3 Å². The van der Waals surface area contributed by atoms with E-state index < -0.39 is 0 Å². The van der Waals surface area contributed by atoms with Gasteiger partial charge in [0.15, 0.2) is 16.5 Å². The number of benzene rings is 1. The van der Waals surface area contributed by atoms with E-state index in [1.54, 1.807) is 18.4 Å². The van der Waals surface area contributed by atoms with E-state index in [1.165, 1.54) is 0 Å². The van der Waals surface area contributed by atoms with Crippen LogP contribution >= 0.6 is 22.9 Å². The number of nitrogens with one attached hydrogen (secondary N) is 1. The van der Waals surface area contributed by atoms with Gasteiger partial charge in [-0.3, -0.25) is 4.40 Å². The van der Waals surface area contributed by atoms with E-state index in [0.29, 0.717) is 29.6 Å². The summed E-state index contributed by atoms with van der Waals surface area (Å²) >= 11 is 7.88. The minimum absolute atomic E-state index is 0.144. The lowest BCUT2D eigenvalue weighted by Crippen LogP contribution is -2.13. The number of terminal acetylenes is 1. The standard InChI is InChI=1S/C17H16ClN3O2S/c1-3-5-23-16-14(18)7-12(8-15(16)22-2)9-19-10-13-11-21-4-6-24-17(21)20-13/h1,4,6-8,11,19H,5,9-10H2,2H3. The van der Waals surface area contributed by atoms with E-state index in [9.17, 15) is 0 Å². The molecule has 0 spiro atoms. The van der Waals surface area contributed by atoms with Crippen LogP contribution < -0.4 is 14.8 Å². The van der Waals surface area contributed by atoms with Gasteiger partial charge in [-0.2, -0.15) is 0 Å². The number of methoxy groups -OCH3 is 1. The number of imidazole rings is 1. The average molecular weight is 362 g/mol. The number of nitrogens with zero attached hydrogens (tertiary/aromatic N) is 2. The molecule has 0 saturated heterocycles. The highest BCUT2D eigenvalue weighted by Gasteiger charge is 2.12. The number of ether oxygens (including phenoxy) is 2. The maximum atomic E-state index is 6.27. The minimum Gasteiger partial charge on any atom is -0.493 e. The molecule has 0 amide bonds. The fourth-order valence-corrected chi connectivity index (χ4v) is 3.33. The maximum absolute atomic E-state index is 6.27. The first-order valence-corrected chi connectivity index (χ1v) is 8.51. The Kier molecular flexibility index (Phi) is 5.26. The topological polar surface area (TPSA) is 47.8 Å². The molecular weight excluding hydrogens is 346 g/mol. The van der Waals surface area contributed by atoms with Gasteiger partial charge in [0.1, 0.15) is 6.61 Å². The zero-order valence-corrected chi connectivity index (χ0v) is 14.7. The highest BCUT2D eigenvalue weighted by atomic mass is 35.5. The second-order valence-corrected chi connectivity index (χ2v) is 6.31. The molecule has 0 unspecified atom stereocenters. The molecule has 0 atom stereocenters. The lowest BCUT2D eigenvalue weighted by atomic mass is 10.2. The summed E-state index contributed by atoms with van der Waals surface area (Å²) in [5, 5.41) is 5.84. The summed E-state index contributed by atoms with van der Waals surface area (Å²) in [6.07, 6.45) is 9.23. The predicted octanol–water partition coefficient (Wildman–Crippen LogP) is 3.36. The van der Waals surface area contributed by atoms with Gasteiger partial charge in [0.25, 0.3) is 0 Å². The number of fused-ring (bicyclic) bond motifs is 1. The Morgan fingerprint density at radius 2 is 2.29 bits per heavy atom. The Balaban J connectivity index is 1.65. The second kappa shape index (κ2) is 7.58. The molecule has 124 valence electrons. The molecule has 0 aliphatic heterocycles. The summed E-state index contributed by atoms with van der Waals surface area (Å²) in [6, 6.07) is 3.73. The zero-order chi connectivity index (χ0) is 16.9. The molecule has 0 radical (unpaired) electrons. The molecule has 3 aromatic rings. The molecular formula is C17H16ClN3O2S. The van der Waals surface area contributed by atoms with Gasteiger partial charge in [0.05, 0.1) is 17.8 Å². The summed E-state index contributed by atoms with van der Waals surface area (Å²) in [6.45, 7) is 1.45. The fraction of sp³-hybridized carbons (Fsp3) is 0.235. The van der Waals surface area contributed by atoms with Crippen LogP contribution in [-0.4, -0.2) is 23.1 Å². The van der Waals surface area contributed by atoms with Crippen LogP contribution in [0.15, 0.2) is 29.9 Å². The molecule has 0 fully saturated rings. The van der Waals surface area contributed by atoms with Crippen LogP contribution in [0.1, 0.15) is 11.3 Å². The van der Waals surface area contributed by atoms with Crippen molar-refractivity contribution in [1.29, 1.82) is 0 Å².